The van der Waals surface area contributed by atoms with Crippen LogP contribution in [0.5, 0.6) is 0 Å². The lowest BCUT2D eigenvalue weighted by Crippen LogP contribution is -2.35. The Morgan fingerprint density at radius 2 is 2.15 bits per heavy atom. The van der Waals surface area contributed by atoms with E-state index in [1.807, 2.05) is 0 Å². The minimum Gasteiger partial charge on any atom is -0.480 e. The van der Waals surface area contributed by atoms with Gasteiger partial charge in [-0.25, -0.2) is 9.18 Å². The number of carboxylic acids is 1. The first-order valence-corrected chi connectivity index (χ1v) is 6.24. The van der Waals surface area contributed by atoms with Gasteiger partial charge < -0.3 is 10.0 Å². The van der Waals surface area contributed by atoms with Crippen molar-refractivity contribution in [3.8, 4) is 0 Å². The van der Waals surface area contributed by atoms with Crippen LogP contribution in [0.4, 0.5) is 15.9 Å². The number of hydrogen-bond donors (Lipinski definition) is 1. The van der Waals surface area contributed by atoms with Crippen molar-refractivity contribution in [3.63, 3.8) is 0 Å². The van der Waals surface area contributed by atoms with Gasteiger partial charge in [0.05, 0.1) is 0 Å². The highest BCUT2D eigenvalue weighted by molar-refractivity contribution is 6.29. The quantitative estimate of drug-likeness (QED) is 0.921. The van der Waals surface area contributed by atoms with E-state index in [2.05, 4.69) is 10.2 Å². The molecule has 3 rings (SSSR count). The second-order valence-corrected chi connectivity index (χ2v) is 4.80. The molecule has 0 amide bonds. The molecule has 7 heteroatoms. The minimum absolute atomic E-state index is 0.208. The first-order valence-electron chi connectivity index (χ1n) is 5.86. The number of nitrogens with zero attached hydrogens (tertiary/aromatic N) is 3. The van der Waals surface area contributed by atoms with Crippen LogP contribution in [-0.4, -0.2) is 27.3 Å². The number of carbonyl (C=O) groups is 1. The molecule has 1 unspecified atom stereocenters. The maximum Gasteiger partial charge on any atom is 0.327 e. The van der Waals surface area contributed by atoms with Crippen molar-refractivity contribution in [3.05, 3.63) is 46.9 Å². The van der Waals surface area contributed by atoms with Gasteiger partial charge in [-0.2, -0.15) is 0 Å². The molecule has 1 aliphatic heterocycles. The monoisotopic (exact) mass is 293 g/mol. The lowest BCUT2D eigenvalue weighted by molar-refractivity contribution is -0.138. The molecule has 0 spiro atoms. The summed E-state index contributed by atoms with van der Waals surface area (Å²) in [7, 11) is 0. The first kappa shape index (κ1) is 12.8. The number of rotatable bonds is 2. The van der Waals surface area contributed by atoms with Crippen molar-refractivity contribution in [2.24, 2.45) is 0 Å². The van der Waals surface area contributed by atoms with Gasteiger partial charge in [0.15, 0.2) is 11.0 Å². The third-order valence-electron chi connectivity index (χ3n) is 3.18. The summed E-state index contributed by atoms with van der Waals surface area (Å²) < 4.78 is 13.4. The van der Waals surface area contributed by atoms with Gasteiger partial charge in [-0.15, -0.1) is 10.2 Å². The van der Waals surface area contributed by atoms with Gasteiger partial charge in [-0.1, -0.05) is 17.7 Å². The standard InChI is InChI=1S/C13H9ClFN3O2/c14-11-3-4-12(17-16-11)18-9-6-8(15)2-1-7(9)5-10(18)13(19)20/h1-4,6,10H,5H2,(H,19,20). The Balaban J connectivity index is 2.12. The number of aromatic nitrogens is 2. The molecule has 0 bridgehead atoms. The molecule has 1 atom stereocenters. The molecule has 1 aromatic heterocycles. The van der Waals surface area contributed by atoms with E-state index in [0.29, 0.717) is 11.5 Å². The Labute approximate surface area is 118 Å². The number of hydrogen-bond acceptors (Lipinski definition) is 4. The van der Waals surface area contributed by atoms with Gasteiger partial charge in [0.1, 0.15) is 11.9 Å². The van der Waals surface area contributed by atoms with Crippen LogP contribution in [0.15, 0.2) is 30.3 Å². The summed E-state index contributed by atoms with van der Waals surface area (Å²) in [6.07, 6.45) is 0.287. The summed E-state index contributed by atoms with van der Waals surface area (Å²) in [6.45, 7) is 0. The molecule has 2 aromatic rings. The number of carboxylic acid groups (broad SMARTS) is 1. The van der Waals surface area contributed by atoms with Crippen molar-refractivity contribution in [1.82, 2.24) is 10.2 Å². The average Bonchev–Trinajstić information content (AvgIpc) is 2.78. The molecule has 102 valence electrons. The van der Waals surface area contributed by atoms with Crippen molar-refractivity contribution >= 4 is 29.1 Å². The smallest absolute Gasteiger partial charge is 0.327 e. The molecular weight excluding hydrogens is 285 g/mol. The second kappa shape index (κ2) is 4.72. The number of benzene rings is 1. The highest BCUT2D eigenvalue weighted by Crippen LogP contribution is 2.37. The van der Waals surface area contributed by atoms with Crippen LogP contribution in [0.1, 0.15) is 5.56 Å². The van der Waals surface area contributed by atoms with Gasteiger partial charge in [0, 0.05) is 12.1 Å². The lowest BCUT2D eigenvalue weighted by atomic mass is 10.1. The van der Waals surface area contributed by atoms with Crippen molar-refractivity contribution in [2.75, 3.05) is 4.90 Å². The zero-order valence-electron chi connectivity index (χ0n) is 10.1. The fourth-order valence-corrected chi connectivity index (χ4v) is 2.42. The van der Waals surface area contributed by atoms with Gasteiger partial charge in [-0.05, 0) is 29.8 Å². The third-order valence-corrected chi connectivity index (χ3v) is 3.38. The average molecular weight is 294 g/mol. The third kappa shape index (κ3) is 2.08. The molecular formula is C13H9ClFN3O2. The SMILES string of the molecule is O=C(O)C1Cc2ccc(F)cc2N1c1ccc(Cl)nn1. The van der Waals surface area contributed by atoms with Crippen LogP contribution >= 0.6 is 11.6 Å². The normalized spacial score (nSPS) is 17.1. The zero-order chi connectivity index (χ0) is 14.3. The van der Waals surface area contributed by atoms with Crippen molar-refractivity contribution in [1.29, 1.82) is 0 Å². The predicted molar refractivity (Wildman–Crippen MR) is 70.7 cm³/mol. The Kier molecular flexibility index (Phi) is 3.02. The molecule has 0 radical (unpaired) electrons. The van der Waals surface area contributed by atoms with E-state index in [1.165, 1.54) is 23.1 Å². The molecule has 5 nitrogen and oxygen atoms in total. The van der Waals surface area contributed by atoms with E-state index >= 15 is 0 Å². The van der Waals surface area contributed by atoms with Crippen molar-refractivity contribution in [2.45, 2.75) is 12.5 Å². The van der Waals surface area contributed by atoms with Crippen LogP contribution in [0.2, 0.25) is 5.15 Å². The summed E-state index contributed by atoms with van der Waals surface area (Å²) >= 11 is 5.67. The molecule has 1 N–H and O–H groups in total. The molecule has 2 heterocycles. The minimum atomic E-state index is -1.00. The number of halogens is 2. The maximum absolute atomic E-state index is 13.4. The Bertz CT molecular complexity index is 678. The van der Waals surface area contributed by atoms with Crippen molar-refractivity contribution < 1.29 is 14.3 Å². The fourth-order valence-electron chi connectivity index (χ4n) is 2.32. The Morgan fingerprint density at radius 3 is 2.80 bits per heavy atom. The summed E-state index contributed by atoms with van der Waals surface area (Å²) in [5, 5.41) is 17.1. The van der Waals surface area contributed by atoms with Gasteiger partial charge in [-0.3, -0.25) is 0 Å². The lowest BCUT2D eigenvalue weighted by Gasteiger charge is -2.22. The highest BCUT2D eigenvalue weighted by atomic mass is 35.5. The number of anilines is 2. The summed E-state index contributed by atoms with van der Waals surface area (Å²) in [4.78, 5) is 12.9. The summed E-state index contributed by atoms with van der Waals surface area (Å²) in [5.74, 6) is -1.11. The van der Waals surface area contributed by atoms with E-state index in [1.54, 1.807) is 12.1 Å². The van der Waals surface area contributed by atoms with Crippen LogP contribution in [0.25, 0.3) is 0 Å². The van der Waals surface area contributed by atoms with E-state index < -0.39 is 17.8 Å². The Morgan fingerprint density at radius 1 is 1.35 bits per heavy atom. The summed E-state index contributed by atoms with van der Waals surface area (Å²) in [6, 6.07) is 6.45. The van der Waals surface area contributed by atoms with Gasteiger partial charge in [0.25, 0.3) is 0 Å². The van der Waals surface area contributed by atoms with Crippen LogP contribution in [0, 0.1) is 5.82 Å². The first-order chi connectivity index (χ1) is 9.56. The Hall–Kier alpha value is -2.21. The molecule has 0 saturated carbocycles. The zero-order valence-corrected chi connectivity index (χ0v) is 10.9. The summed E-state index contributed by atoms with van der Waals surface area (Å²) in [5.41, 5.74) is 1.25. The number of fused-ring (bicyclic) bond motifs is 1. The molecule has 0 aliphatic carbocycles. The van der Waals surface area contributed by atoms with E-state index in [9.17, 15) is 14.3 Å². The topological polar surface area (TPSA) is 66.3 Å². The second-order valence-electron chi connectivity index (χ2n) is 4.42. The predicted octanol–water partition coefficient (Wildman–Crippen LogP) is 2.42. The van der Waals surface area contributed by atoms with Crippen LogP contribution in [0.3, 0.4) is 0 Å². The maximum atomic E-state index is 13.4. The van der Waals surface area contributed by atoms with E-state index in [-0.39, 0.29) is 11.6 Å². The molecule has 1 aromatic carbocycles. The van der Waals surface area contributed by atoms with Crippen LogP contribution < -0.4 is 4.90 Å². The number of aliphatic carboxylic acids is 1. The molecule has 0 fully saturated rings. The van der Waals surface area contributed by atoms with Crippen LogP contribution in [-0.2, 0) is 11.2 Å². The fraction of sp³-hybridized carbons (Fsp3) is 0.154. The van der Waals surface area contributed by atoms with E-state index in [4.69, 9.17) is 11.6 Å². The molecule has 20 heavy (non-hydrogen) atoms. The van der Waals surface area contributed by atoms with Gasteiger partial charge in [0.2, 0.25) is 0 Å². The largest absolute Gasteiger partial charge is 0.480 e. The molecule has 1 aliphatic rings. The highest BCUT2D eigenvalue weighted by Gasteiger charge is 2.36. The molecule has 0 saturated heterocycles. The van der Waals surface area contributed by atoms with Gasteiger partial charge >= 0.3 is 5.97 Å². The van der Waals surface area contributed by atoms with E-state index in [0.717, 1.165) is 5.56 Å².